The van der Waals surface area contributed by atoms with Gasteiger partial charge < -0.3 is 30.0 Å². The third kappa shape index (κ3) is 5.51. The summed E-state index contributed by atoms with van der Waals surface area (Å²) in [6, 6.07) is 11.9. The van der Waals surface area contributed by atoms with Crippen LogP contribution < -0.4 is 20.1 Å². The Kier molecular flexibility index (Phi) is 7.14. The summed E-state index contributed by atoms with van der Waals surface area (Å²) < 4.78 is 16.5. The molecule has 3 N–H and O–H groups in total. The van der Waals surface area contributed by atoms with Crippen LogP contribution in [0.1, 0.15) is 35.2 Å². The van der Waals surface area contributed by atoms with Gasteiger partial charge in [0.1, 0.15) is 6.10 Å². The summed E-state index contributed by atoms with van der Waals surface area (Å²) in [5.41, 5.74) is 1.39. The fourth-order valence-electron chi connectivity index (χ4n) is 3.82. The van der Waals surface area contributed by atoms with Crippen molar-refractivity contribution in [2.75, 3.05) is 13.4 Å². The van der Waals surface area contributed by atoms with Crippen LogP contribution in [0.15, 0.2) is 42.5 Å². The zero-order valence-electron chi connectivity index (χ0n) is 17.4. The van der Waals surface area contributed by atoms with Gasteiger partial charge in [-0.15, -0.1) is 0 Å². The topological polar surface area (TPSA) is 106 Å². The predicted octanol–water partition coefficient (Wildman–Crippen LogP) is 2.41. The number of carbonyl (C=O) groups is 2. The van der Waals surface area contributed by atoms with Crippen LogP contribution >= 0.6 is 11.6 Å². The molecule has 1 saturated heterocycles. The highest BCUT2D eigenvalue weighted by Gasteiger charge is 2.33. The van der Waals surface area contributed by atoms with E-state index in [1.54, 1.807) is 30.3 Å². The van der Waals surface area contributed by atoms with E-state index < -0.39 is 6.10 Å². The second kappa shape index (κ2) is 10.2. The molecule has 2 aliphatic rings. The average molecular weight is 461 g/mol. The van der Waals surface area contributed by atoms with Crippen molar-refractivity contribution in [1.29, 1.82) is 0 Å². The lowest BCUT2D eigenvalue weighted by Gasteiger charge is -2.36. The molecule has 3 atom stereocenters. The monoisotopic (exact) mass is 460 g/mol. The van der Waals surface area contributed by atoms with Gasteiger partial charge in [-0.3, -0.25) is 9.59 Å². The van der Waals surface area contributed by atoms with Crippen LogP contribution in [0.25, 0.3) is 0 Å². The van der Waals surface area contributed by atoms with Gasteiger partial charge in [0.2, 0.25) is 12.7 Å². The minimum absolute atomic E-state index is 0.135. The molecule has 0 saturated carbocycles. The van der Waals surface area contributed by atoms with E-state index in [1.165, 1.54) is 0 Å². The molecule has 9 heteroatoms. The van der Waals surface area contributed by atoms with Crippen LogP contribution in [-0.4, -0.2) is 48.6 Å². The molecule has 0 unspecified atom stereocenters. The standard InChI is InChI=1S/C23H25ClN2O6/c24-16-4-1-14(2-5-16)11-25-22(28)10-17-6-7-18(21(12-27)32-17)26-23(29)15-3-8-19-20(9-15)31-13-30-19/h1-5,8-9,17-18,21,27H,6-7,10-13H2,(H,25,28)(H,26,29)/t17-,18-,21+/m0/s1. The van der Waals surface area contributed by atoms with Crippen molar-refractivity contribution in [1.82, 2.24) is 10.6 Å². The van der Waals surface area contributed by atoms with Gasteiger partial charge in [-0.25, -0.2) is 0 Å². The SMILES string of the molecule is O=C(C[C@@H]1CC[C@H](NC(=O)c2ccc3c(c2)OCO3)[C@@H](CO)O1)NCc1ccc(Cl)cc1. The quantitative estimate of drug-likeness (QED) is 0.586. The number of halogens is 1. The van der Waals surface area contributed by atoms with Gasteiger partial charge in [-0.05, 0) is 48.7 Å². The number of hydrogen-bond acceptors (Lipinski definition) is 6. The number of nitrogens with one attached hydrogen (secondary N) is 2. The van der Waals surface area contributed by atoms with Crippen LogP contribution in [0, 0.1) is 0 Å². The van der Waals surface area contributed by atoms with Crippen LogP contribution in [0.2, 0.25) is 5.02 Å². The summed E-state index contributed by atoms with van der Waals surface area (Å²) in [5.74, 6) is 0.716. The molecule has 32 heavy (non-hydrogen) atoms. The zero-order chi connectivity index (χ0) is 22.5. The lowest BCUT2D eigenvalue weighted by molar-refractivity contribution is -0.131. The van der Waals surface area contributed by atoms with E-state index in [4.69, 9.17) is 25.8 Å². The van der Waals surface area contributed by atoms with Crippen molar-refractivity contribution in [3.8, 4) is 11.5 Å². The Morgan fingerprint density at radius 1 is 1.06 bits per heavy atom. The minimum Gasteiger partial charge on any atom is -0.454 e. The first-order chi connectivity index (χ1) is 15.5. The molecule has 2 heterocycles. The lowest BCUT2D eigenvalue weighted by Crippen LogP contribution is -2.51. The van der Waals surface area contributed by atoms with Crippen molar-refractivity contribution in [2.45, 2.75) is 44.1 Å². The number of aliphatic hydroxyl groups excluding tert-OH is 1. The number of hydrogen-bond donors (Lipinski definition) is 3. The van der Waals surface area contributed by atoms with Crippen molar-refractivity contribution < 1.29 is 28.9 Å². The maximum Gasteiger partial charge on any atom is 0.251 e. The van der Waals surface area contributed by atoms with Gasteiger partial charge in [0.25, 0.3) is 5.91 Å². The van der Waals surface area contributed by atoms with Crippen molar-refractivity contribution in [2.24, 2.45) is 0 Å². The fraction of sp³-hybridized carbons (Fsp3) is 0.391. The molecule has 0 bridgehead atoms. The third-order valence-electron chi connectivity index (χ3n) is 5.56. The Bertz CT molecular complexity index is 967. The molecular weight excluding hydrogens is 436 g/mol. The second-order valence-electron chi connectivity index (χ2n) is 7.81. The number of benzene rings is 2. The molecule has 4 rings (SSSR count). The smallest absolute Gasteiger partial charge is 0.251 e. The van der Waals surface area contributed by atoms with Crippen molar-refractivity contribution in [3.05, 3.63) is 58.6 Å². The number of ether oxygens (including phenoxy) is 3. The van der Waals surface area contributed by atoms with Crippen LogP contribution in [0.5, 0.6) is 11.5 Å². The van der Waals surface area contributed by atoms with Gasteiger partial charge in [-0.2, -0.15) is 0 Å². The van der Waals surface area contributed by atoms with Crippen molar-refractivity contribution in [3.63, 3.8) is 0 Å². The molecule has 170 valence electrons. The largest absolute Gasteiger partial charge is 0.454 e. The average Bonchev–Trinajstić information content (AvgIpc) is 3.27. The number of carbonyl (C=O) groups excluding carboxylic acids is 2. The Morgan fingerprint density at radius 3 is 2.62 bits per heavy atom. The van der Waals surface area contributed by atoms with Gasteiger partial charge in [0, 0.05) is 17.1 Å². The molecule has 8 nitrogen and oxygen atoms in total. The van der Waals surface area contributed by atoms with Crippen molar-refractivity contribution >= 4 is 23.4 Å². The van der Waals surface area contributed by atoms with Gasteiger partial charge in [0.15, 0.2) is 11.5 Å². The Balaban J connectivity index is 1.26. The molecular formula is C23H25ClN2O6. The van der Waals surface area contributed by atoms with E-state index in [2.05, 4.69) is 10.6 Å². The number of fused-ring (bicyclic) bond motifs is 1. The van der Waals surface area contributed by atoms with E-state index in [9.17, 15) is 14.7 Å². The van der Waals surface area contributed by atoms with Gasteiger partial charge in [-0.1, -0.05) is 23.7 Å². The molecule has 2 aliphatic heterocycles. The lowest BCUT2D eigenvalue weighted by atomic mass is 9.96. The Morgan fingerprint density at radius 2 is 1.84 bits per heavy atom. The van der Waals surface area contributed by atoms with E-state index in [1.807, 2.05) is 12.1 Å². The van der Waals surface area contributed by atoms with Gasteiger partial charge >= 0.3 is 0 Å². The molecule has 2 amide bonds. The van der Waals surface area contributed by atoms with E-state index in [0.717, 1.165) is 5.56 Å². The molecule has 0 spiro atoms. The van der Waals surface area contributed by atoms with Crippen LogP contribution in [0.4, 0.5) is 0 Å². The summed E-state index contributed by atoms with van der Waals surface area (Å²) in [7, 11) is 0. The second-order valence-corrected chi connectivity index (χ2v) is 8.25. The molecule has 0 aromatic heterocycles. The first kappa shape index (κ1) is 22.4. The summed E-state index contributed by atoms with van der Waals surface area (Å²) in [4.78, 5) is 25.0. The minimum atomic E-state index is -0.587. The maximum absolute atomic E-state index is 12.7. The molecule has 2 aromatic carbocycles. The molecule has 0 radical (unpaired) electrons. The normalized spacial score (nSPS) is 21.8. The van der Waals surface area contributed by atoms with E-state index >= 15 is 0 Å². The molecule has 0 aliphatic carbocycles. The first-order valence-corrected chi connectivity index (χ1v) is 10.9. The Labute approximate surface area is 190 Å². The summed E-state index contributed by atoms with van der Waals surface area (Å²) in [6.45, 7) is 0.285. The molecule has 2 aromatic rings. The number of rotatable bonds is 7. The Hall–Kier alpha value is -2.81. The zero-order valence-corrected chi connectivity index (χ0v) is 18.1. The summed E-state index contributed by atoms with van der Waals surface area (Å²) in [6.07, 6.45) is 0.465. The highest BCUT2D eigenvalue weighted by molar-refractivity contribution is 6.30. The maximum atomic E-state index is 12.7. The summed E-state index contributed by atoms with van der Waals surface area (Å²) in [5, 5.41) is 16.2. The number of amides is 2. The molecule has 1 fully saturated rings. The predicted molar refractivity (Wildman–Crippen MR) is 117 cm³/mol. The van der Waals surface area contributed by atoms with Crippen LogP contribution in [-0.2, 0) is 16.1 Å². The van der Waals surface area contributed by atoms with Crippen LogP contribution in [0.3, 0.4) is 0 Å². The highest BCUT2D eigenvalue weighted by atomic mass is 35.5. The summed E-state index contributed by atoms with van der Waals surface area (Å²) >= 11 is 5.87. The van der Waals surface area contributed by atoms with E-state index in [-0.39, 0.29) is 43.8 Å². The highest BCUT2D eigenvalue weighted by Crippen LogP contribution is 2.32. The third-order valence-corrected chi connectivity index (χ3v) is 5.81. The fourth-order valence-corrected chi connectivity index (χ4v) is 3.94. The number of aliphatic hydroxyl groups is 1. The first-order valence-electron chi connectivity index (χ1n) is 10.5. The van der Waals surface area contributed by atoms with Gasteiger partial charge in [0.05, 0.1) is 25.2 Å². The van der Waals surface area contributed by atoms with E-state index in [0.29, 0.717) is 41.5 Å².